The lowest BCUT2D eigenvalue weighted by molar-refractivity contribution is -0.143. The molecule has 0 radical (unpaired) electrons. The van der Waals surface area contributed by atoms with Crippen molar-refractivity contribution < 1.29 is 14.7 Å². The van der Waals surface area contributed by atoms with E-state index >= 15 is 0 Å². The highest BCUT2D eigenvalue weighted by molar-refractivity contribution is 5.86. The molecular weight excluding hydrogens is 220 g/mol. The number of piperidine rings is 1. The predicted molar refractivity (Wildman–Crippen MR) is 64.9 cm³/mol. The van der Waals surface area contributed by atoms with Crippen LogP contribution in [0.1, 0.15) is 46.5 Å². The molecule has 0 spiro atoms. The van der Waals surface area contributed by atoms with Gasteiger partial charge in [-0.05, 0) is 39.5 Å². The van der Waals surface area contributed by atoms with Crippen molar-refractivity contribution in [3.63, 3.8) is 0 Å². The van der Waals surface area contributed by atoms with E-state index in [0.717, 1.165) is 19.3 Å². The smallest absolute Gasteiger partial charge is 0.329 e. The van der Waals surface area contributed by atoms with E-state index < -0.39 is 11.5 Å². The zero-order chi connectivity index (χ0) is 13.1. The fourth-order valence-electron chi connectivity index (χ4n) is 2.00. The van der Waals surface area contributed by atoms with Crippen LogP contribution in [-0.2, 0) is 4.79 Å². The predicted octanol–water partition coefficient (Wildman–Crippen LogP) is 1.82. The van der Waals surface area contributed by atoms with Gasteiger partial charge in [0.15, 0.2) is 0 Å². The Balaban J connectivity index is 2.67. The Morgan fingerprint density at radius 1 is 1.47 bits per heavy atom. The number of urea groups is 1. The molecule has 0 aliphatic carbocycles. The van der Waals surface area contributed by atoms with Gasteiger partial charge in [0.05, 0.1) is 0 Å². The Labute approximate surface area is 102 Å². The monoisotopic (exact) mass is 242 g/mol. The van der Waals surface area contributed by atoms with E-state index in [1.807, 2.05) is 6.92 Å². The molecule has 0 aromatic rings. The first kappa shape index (κ1) is 13.8. The molecule has 1 aliphatic rings. The number of hydrogen-bond donors (Lipinski definition) is 2. The van der Waals surface area contributed by atoms with Crippen LogP contribution in [-0.4, -0.2) is 40.1 Å². The van der Waals surface area contributed by atoms with Gasteiger partial charge in [0.25, 0.3) is 0 Å². The van der Waals surface area contributed by atoms with E-state index in [1.54, 1.807) is 18.7 Å². The van der Waals surface area contributed by atoms with Crippen LogP contribution >= 0.6 is 0 Å². The van der Waals surface area contributed by atoms with E-state index in [1.165, 1.54) is 0 Å². The summed E-state index contributed by atoms with van der Waals surface area (Å²) in [5.41, 5.74) is -1.17. The van der Waals surface area contributed by atoms with E-state index in [4.69, 9.17) is 5.11 Å². The highest BCUT2D eigenvalue weighted by Crippen LogP contribution is 2.18. The minimum absolute atomic E-state index is 0.193. The summed E-state index contributed by atoms with van der Waals surface area (Å²) in [5, 5.41) is 11.7. The Morgan fingerprint density at radius 3 is 2.59 bits per heavy atom. The first-order valence-electron chi connectivity index (χ1n) is 6.23. The number of hydrogen-bond acceptors (Lipinski definition) is 2. The van der Waals surface area contributed by atoms with Gasteiger partial charge in [-0.1, -0.05) is 6.92 Å². The van der Waals surface area contributed by atoms with Gasteiger partial charge in [0.1, 0.15) is 5.54 Å². The lowest BCUT2D eigenvalue weighted by atomic mass is 9.99. The van der Waals surface area contributed by atoms with Crippen molar-refractivity contribution in [3.05, 3.63) is 0 Å². The number of nitrogens with one attached hydrogen (secondary N) is 1. The molecule has 2 unspecified atom stereocenters. The third kappa shape index (κ3) is 3.11. The van der Waals surface area contributed by atoms with Crippen LogP contribution < -0.4 is 5.32 Å². The number of nitrogens with zero attached hydrogens (tertiary/aromatic N) is 1. The Bertz CT molecular complexity index is 306. The van der Waals surface area contributed by atoms with Gasteiger partial charge in [-0.25, -0.2) is 9.59 Å². The number of aliphatic carboxylic acids is 1. The van der Waals surface area contributed by atoms with Crippen LogP contribution in [0.25, 0.3) is 0 Å². The van der Waals surface area contributed by atoms with E-state index in [9.17, 15) is 9.59 Å². The number of rotatable bonds is 3. The minimum atomic E-state index is -1.17. The standard InChI is InChI=1S/C12H22N2O3/c1-4-12(3,10(15)16)13-11(17)14-8-6-5-7-9(14)2/h9H,4-8H2,1-3H3,(H,13,17)(H,15,16). The number of carbonyl (C=O) groups excluding carboxylic acids is 1. The highest BCUT2D eigenvalue weighted by atomic mass is 16.4. The second kappa shape index (κ2) is 5.38. The summed E-state index contributed by atoms with van der Waals surface area (Å²) in [6.45, 7) is 6.02. The SMILES string of the molecule is CCC(C)(NC(=O)N1CCCCC1C)C(=O)O. The van der Waals surface area contributed by atoms with Crippen molar-refractivity contribution in [3.8, 4) is 0 Å². The van der Waals surface area contributed by atoms with Gasteiger partial charge >= 0.3 is 12.0 Å². The summed E-state index contributed by atoms with van der Waals surface area (Å²) in [6.07, 6.45) is 3.49. The average molecular weight is 242 g/mol. The molecule has 98 valence electrons. The number of carbonyl (C=O) groups is 2. The summed E-state index contributed by atoms with van der Waals surface area (Å²) in [6, 6.07) is -0.0670. The van der Waals surface area contributed by atoms with Gasteiger partial charge in [-0.15, -0.1) is 0 Å². The van der Waals surface area contributed by atoms with Gasteiger partial charge in [0.2, 0.25) is 0 Å². The van der Waals surface area contributed by atoms with E-state index in [0.29, 0.717) is 13.0 Å². The number of likely N-dealkylation sites (tertiary alicyclic amines) is 1. The normalized spacial score (nSPS) is 23.9. The van der Waals surface area contributed by atoms with Gasteiger partial charge in [-0.2, -0.15) is 0 Å². The fourth-order valence-corrected chi connectivity index (χ4v) is 2.00. The van der Waals surface area contributed by atoms with Crippen LogP contribution in [0.15, 0.2) is 0 Å². The molecule has 1 heterocycles. The van der Waals surface area contributed by atoms with Crippen LogP contribution in [0.2, 0.25) is 0 Å². The number of carboxylic acids is 1. The summed E-state index contributed by atoms with van der Waals surface area (Å²) < 4.78 is 0. The third-order valence-corrected chi connectivity index (χ3v) is 3.63. The minimum Gasteiger partial charge on any atom is -0.480 e. The molecule has 2 atom stereocenters. The Kier molecular flexibility index (Phi) is 4.37. The van der Waals surface area contributed by atoms with Crippen molar-refractivity contribution in [2.24, 2.45) is 0 Å². The van der Waals surface area contributed by atoms with Crippen LogP contribution in [0.5, 0.6) is 0 Å². The quantitative estimate of drug-likeness (QED) is 0.793. The zero-order valence-corrected chi connectivity index (χ0v) is 10.8. The van der Waals surface area contributed by atoms with E-state index in [2.05, 4.69) is 5.32 Å². The summed E-state index contributed by atoms with van der Waals surface area (Å²) in [7, 11) is 0. The molecule has 1 saturated heterocycles. The molecule has 1 fully saturated rings. The second-order valence-corrected chi connectivity index (χ2v) is 4.96. The Morgan fingerprint density at radius 2 is 2.12 bits per heavy atom. The van der Waals surface area contributed by atoms with Gasteiger partial charge < -0.3 is 15.3 Å². The molecule has 1 rings (SSSR count). The highest BCUT2D eigenvalue weighted by Gasteiger charge is 2.35. The molecule has 0 aromatic carbocycles. The molecule has 2 amide bonds. The maximum atomic E-state index is 12.0. The molecule has 0 saturated carbocycles. The summed E-state index contributed by atoms with van der Waals surface area (Å²) in [4.78, 5) is 24.9. The molecular formula is C12H22N2O3. The maximum absolute atomic E-state index is 12.0. The number of amides is 2. The maximum Gasteiger partial charge on any atom is 0.329 e. The van der Waals surface area contributed by atoms with E-state index in [-0.39, 0.29) is 12.1 Å². The number of carboxylic acid groups (broad SMARTS) is 1. The first-order valence-corrected chi connectivity index (χ1v) is 6.23. The molecule has 17 heavy (non-hydrogen) atoms. The van der Waals surface area contributed by atoms with Crippen LogP contribution in [0.3, 0.4) is 0 Å². The zero-order valence-electron chi connectivity index (χ0n) is 10.8. The first-order chi connectivity index (χ1) is 7.90. The summed E-state index contributed by atoms with van der Waals surface area (Å²) in [5.74, 6) is -0.988. The van der Waals surface area contributed by atoms with Crippen LogP contribution in [0.4, 0.5) is 4.79 Å². The molecule has 0 aromatic heterocycles. The van der Waals surface area contributed by atoms with Crippen LogP contribution in [0, 0.1) is 0 Å². The molecule has 1 aliphatic heterocycles. The third-order valence-electron chi connectivity index (χ3n) is 3.63. The van der Waals surface area contributed by atoms with Crippen molar-refractivity contribution in [2.75, 3.05) is 6.54 Å². The lowest BCUT2D eigenvalue weighted by Gasteiger charge is -2.36. The second-order valence-electron chi connectivity index (χ2n) is 4.96. The Hall–Kier alpha value is -1.26. The molecule has 0 bridgehead atoms. The molecule has 5 nitrogen and oxygen atoms in total. The van der Waals surface area contributed by atoms with Crippen molar-refractivity contribution in [2.45, 2.75) is 58.0 Å². The van der Waals surface area contributed by atoms with Gasteiger partial charge in [-0.3, -0.25) is 0 Å². The fraction of sp³-hybridized carbons (Fsp3) is 0.833. The average Bonchev–Trinajstić information content (AvgIpc) is 2.29. The van der Waals surface area contributed by atoms with Gasteiger partial charge in [0, 0.05) is 12.6 Å². The topological polar surface area (TPSA) is 69.6 Å². The molecule has 2 N–H and O–H groups in total. The molecule has 5 heteroatoms. The van der Waals surface area contributed by atoms with Crippen molar-refractivity contribution >= 4 is 12.0 Å². The largest absolute Gasteiger partial charge is 0.480 e. The lowest BCUT2D eigenvalue weighted by Crippen LogP contribution is -2.58. The van der Waals surface area contributed by atoms with Crippen molar-refractivity contribution in [1.82, 2.24) is 10.2 Å². The summed E-state index contributed by atoms with van der Waals surface area (Å²) >= 11 is 0. The van der Waals surface area contributed by atoms with Crippen molar-refractivity contribution in [1.29, 1.82) is 0 Å².